The van der Waals surface area contributed by atoms with Crippen molar-refractivity contribution in [3.8, 4) is 0 Å². The van der Waals surface area contributed by atoms with Crippen molar-refractivity contribution in [3.05, 3.63) is 0 Å². The maximum Gasteiger partial charge on any atom is 0.0779 e. The Hall–Kier alpha value is -0.120. The van der Waals surface area contributed by atoms with E-state index in [2.05, 4.69) is 24.2 Å². The van der Waals surface area contributed by atoms with Gasteiger partial charge in [-0.05, 0) is 59.2 Å². The highest BCUT2D eigenvalue weighted by atomic mass is 16.5. The Morgan fingerprint density at radius 1 is 1.35 bits per heavy atom. The molecule has 2 aliphatic heterocycles. The average molecular weight is 240 g/mol. The van der Waals surface area contributed by atoms with Crippen LogP contribution in [0.3, 0.4) is 0 Å². The molecule has 3 nitrogen and oxygen atoms in total. The van der Waals surface area contributed by atoms with Crippen LogP contribution in [0.4, 0.5) is 0 Å². The van der Waals surface area contributed by atoms with Gasteiger partial charge in [-0.25, -0.2) is 0 Å². The molecule has 2 heterocycles. The van der Waals surface area contributed by atoms with E-state index in [1.807, 2.05) is 0 Å². The van der Waals surface area contributed by atoms with Gasteiger partial charge in [0, 0.05) is 19.2 Å². The molecule has 3 heteroatoms. The molecule has 2 atom stereocenters. The summed E-state index contributed by atoms with van der Waals surface area (Å²) in [5, 5.41) is 3.58. The Kier molecular flexibility index (Phi) is 4.83. The summed E-state index contributed by atoms with van der Waals surface area (Å²) in [7, 11) is 2.27. The summed E-state index contributed by atoms with van der Waals surface area (Å²) < 4.78 is 5.78. The van der Waals surface area contributed by atoms with Crippen LogP contribution >= 0.6 is 0 Å². The fraction of sp³-hybridized carbons (Fsp3) is 1.00. The molecule has 0 radical (unpaired) electrons. The third-order valence-electron chi connectivity index (χ3n) is 4.38. The van der Waals surface area contributed by atoms with Gasteiger partial charge in [-0.2, -0.15) is 0 Å². The minimum Gasteiger partial charge on any atom is -0.374 e. The lowest BCUT2D eigenvalue weighted by Gasteiger charge is -2.33. The molecule has 0 amide bonds. The number of nitrogens with zero attached hydrogens (tertiary/aromatic N) is 1. The number of rotatable bonds is 5. The lowest BCUT2D eigenvalue weighted by molar-refractivity contribution is 0.0205. The Morgan fingerprint density at radius 3 is 2.94 bits per heavy atom. The van der Waals surface area contributed by atoms with Crippen LogP contribution in [-0.4, -0.2) is 49.8 Å². The van der Waals surface area contributed by atoms with Gasteiger partial charge in [0.2, 0.25) is 0 Å². The van der Waals surface area contributed by atoms with Crippen LogP contribution < -0.4 is 5.32 Å². The lowest BCUT2D eigenvalue weighted by atomic mass is 9.99. The summed E-state index contributed by atoms with van der Waals surface area (Å²) >= 11 is 0. The van der Waals surface area contributed by atoms with Crippen LogP contribution in [-0.2, 0) is 4.74 Å². The molecular weight excluding hydrogens is 212 g/mol. The van der Waals surface area contributed by atoms with Gasteiger partial charge >= 0.3 is 0 Å². The zero-order valence-electron chi connectivity index (χ0n) is 11.5. The van der Waals surface area contributed by atoms with Crippen LogP contribution in [0.15, 0.2) is 0 Å². The quantitative estimate of drug-likeness (QED) is 0.744. The highest BCUT2D eigenvalue weighted by Gasteiger charge is 2.29. The van der Waals surface area contributed by atoms with E-state index < -0.39 is 0 Å². The van der Waals surface area contributed by atoms with Gasteiger partial charge in [-0.3, -0.25) is 0 Å². The summed E-state index contributed by atoms with van der Waals surface area (Å²) in [6, 6.07) is 0.800. The fourth-order valence-corrected chi connectivity index (χ4v) is 3.11. The topological polar surface area (TPSA) is 24.5 Å². The van der Waals surface area contributed by atoms with Crippen molar-refractivity contribution in [1.82, 2.24) is 10.2 Å². The van der Waals surface area contributed by atoms with Gasteiger partial charge in [0.05, 0.1) is 5.60 Å². The van der Waals surface area contributed by atoms with Crippen LogP contribution in [0.25, 0.3) is 0 Å². The fourth-order valence-electron chi connectivity index (χ4n) is 3.11. The molecule has 100 valence electrons. The highest BCUT2D eigenvalue weighted by Crippen LogP contribution is 2.24. The van der Waals surface area contributed by atoms with E-state index in [0.717, 1.165) is 25.7 Å². The second-order valence-corrected chi connectivity index (χ2v) is 6.00. The van der Waals surface area contributed by atoms with Gasteiger partial charge in [0.25, 0.3) is 0 Å². The predicted octanol–water partition coefficient (Wildman–Crippen LogP) is 2.02. The molecule has 0 aromatic rings. The van der Waals surface area contributed by atoms with E-state index in [9.17, 15) is 0 Å². The SMILES string of the molecule is CN1CCCCC1CCNCC1(C)CCCO1. The van der Waals surface area contributed by atoms with Gasteiger partial charge in [0.15, 0.2) is 0 Å². The van der Waals surface area contributed by atoms with E-state index in [1.54, 1.807) is 0 Å². The van der Waals surface area contributed by atoms with Gasteiger partial charge in [-0.15, -0.1) is 0 Å². The third-order valence-corrected chi connectivity index (χ3v) is 4.38. The molecule has 0 aromatic carbocycles. The zero-order chi connectivity index (χ0) is 12.1. The summed E-state index contributed by atoms with van der Waals surface area (Å²) in [4.78, 5) is 2.53. The smallest absolute Gasteiger partial charge is 0.0779 e. The van der Waals surface area contributed by atoms with E-state index in [1.165, 1.54) is 45.1 Å². The van der Waals surface area contributed by atoms with Crippen molar-refractivity contribution in [3.63, 3.8) is 0 Å². The highest BCUT2D eigenvalue weighted by molar-refractivity contribution is 4.83. The van der Waals surface area contributed by atoms with E-state index in [0.29, 0.717) is 0 Å². The molecule has 0 bridgehead atoms. The molecule has 17 heavy (non-hydrogen) atoms. The normalized spacial score (nSPS) is 35.3. The number of likely N-dealkylation sites (tertiary alicyclic amines) is 1. The monoisotopic (exact) mass is 240 g/mol. The van der Waals surface area contributed by atoms with Gasteiger partial charge in [0.1, 0.15) is 0 Å². The average Bonchev–Trinajstić information content (AvgIpc) is 2.74. The zero-order valence-corrected chi connectivity index (χ0v) is 11.5. The van der Waals surface area contributed by atoms with Gasteiger partial charge < -0.3 is 15.0 Å². The van der Waals surface area contributed by atoms with E-state index >= 15 is 0 Å². The maximum atomic E-state index is 5.78. The number of hydrogen-bond acceptors (Lipinski definition) is 3. The number of piperidine rings is 1. The van der Waals surface area contributed by atoms with Gasteiger partial charge in [-0.1, -0.05) is 6.42 Å². The van der Waals surface area contributed by atoms with Crippen molar-refractivity contribution in [2.75, 3.05) is 33.3 Å². The first kappa shape index (κ1) is 13.3. The molecule has 2 fully saturated rings. The molecule has 2 unspecified atom stereocenters. The van der Waals surface area contributed by atoms with Crippen molar-refractivity contribution in [2.24, 2.45) is 0 Å². The van der Waals surface area contributed by atoms with Crippen molar-refractivity contribution >= 4 is 0 Å². The first-order valence-electron chi connectivity index (χ1n) is 7.25. The third kappa shape index (κ3) is 3.94. The van der Waals surface area contributed by atoms with E-state index in [-0.39, 0.29) is 5.60 Å². The van der Waals surface area contributed by atoms with Crippen molar-refractivity contribution < 1.29 is 4.74 Å². The summed E-state index contributed by atoms with van der Waals surface area (Å²) in [6.07, 6.45) is 7.90. The van der Waals surface area contributed by atoms with Crippen LogP contribution in [0.5, 0.6) is 0 Å². The first-order valence-corrected chi connectivity index (χ1v) is 7.25. The Bertz CT molecular complexity index is 226. The van der Waals surface area contributed by atoms with Crippen LogP contribution in [0, 0.1) is 0 Å². The minimum atomic E-state index is 0.110. The predicted molar refractivity (Wildman–Crippen MR) is 71.3 cm³/mol. The molecule has 2 saturated heterocycles. The summed E-state index contributed by atoms with van der Waals surface area (Å²) in [5.41, 5.74) is 0.110. The molecule has 0 saturated carbocycles. The maximum absolute atomic E-state index is 5.78. The largest absolute Gasteiger partial charge is 0.374 e. The molecular formula is C14H28N2O. The summed E-state index contributed by atoms with van der Waals surface area (Å²) in [5.74, 6) is 0. The Balaban J connectivity index is 1.59. The van der Waals surface area contributed by atoms with Crippen molar-refractivity contribution in [2.45, 2.75) is 57.1 Å². The number of nitrogens with one attached hydrogen (secondary N) is 1. The Labute approximate surface area is 106 Å². The molecule has 0 spiro atoms. The molecule has 0 aromatic heterocycles. The summed E-state index contributed by atoms with van der Waals surface area (Å²) in [6.45, 7) is 6.62. The van der Waals surface area contributed by atoms with Crippen LogP contribution in [0.1, 0.15) is 45.4 Å². The molecule has 1 N–H and O–H groups in total. The standard InChI is InChI=1S/C14H28N2O/c1-14(8-5-11-17-14)12-15-9-7-13-6-3-4-10-16(13)2/h13,15H,3-12H2,1-2H3. The second kappa shape index (κ2) is 6.17. The minimum absolute atomic E-state index is 0.110. The first-order chi connectivity index (χ1) is 8.20. The molecule has 2 aliphatic rings. The molecule has 2 rings (SSSR count). The Morgan fingerprint density at radius 2 is 2.24 bits per heavy atom. The van der Waals surface area contributed by atoms with Crippen LogP contribution in [0.2, 0.25) is 0 Å². The lowest BCUT2D eigenvalue weighted by Crippen LogP contribution is -2.41. The number of ether oxygens (including phenoxy) is 1. The second-order valence-electron chi connectivity index (χ2n) is 6.00. The van der Waals surface area contributed by atoms with Crippen molar-refractivity contribution in [1.29, 1.82) is 0 Å². The van der Waals surface area contributed by atoms with E-state index in [4.69, 9.17) is 4.74 Å². The number of hydrogen-bond donors (Lipinski definition) is 1. The molecule has 0 aliphatic carbocycles.